The molecule has 28 heavy (non-hydrogen) atoms. The number of rotatable bonds is 7. The van der Waals surface area contributed by atoms with E-state index in [0.29, 0.717) is 11.4 Å². The molecule has 5 N–H and O–H groups in total. The van der Waals surface area contributed by atoms with E-state index in [-0.39, 0.29) is 24.8 Å². The SMILES string of the molecule is CC(C)CC(NC(=O)N1CC(=O)Nc2ccccc21)C(=O)NC(CO)C(=O)O. The van der Waals surface area contributed by atoms with E-state index in [0.717, 1.165) is 0 Å². The van der Waals surface area contributed by atoms with Crippen LogP contribution < -0.4 is 20.9 Å². The Morgan fingerprint density at radius 3 is 2.46 bits per heavy atom. The molecule has 1 aliphatic heterocycles. The maximum absolute atomic E-state index is 12.8. The molecule has 2 rings (SSSR count). The normalized spacial score (nSPS) is 15.3. The Labute approximate surface area is 161 Å². The molecular weight excluding hydrogens is 368 g/mol. The van der Waals surface area contributed by atoms with Crippen LogP contribution in [-0.2, 0) is 14.4 Å². The molecule has 10 nitrogen and oxygen atoms in total. The first kappa shape index (κ1) is 21.2. The van der Waals surface area contributed by atoms with Gasteiger partial charge in [-0.2, -0.15) is 0 Å². The molecule has 0 radical (unpaired) electrons. The molecule has 1 aliphatic rings. The van der Waals surface area contributed by atoms with Gasteiger partial charge in [-0.05, 0) is 24.5 Å². The highest BCUT2D eigenvalue weighted by atomic mass is 16.4. The summed E-state index contributed by atoms with van der Waals surface area (Å²) in [7, 11) is 0. The van der Waals surface area contributed by atoms with Crippen molar-refractivity contribution in [2.75, 3.05) is 23.4 Å². The second-order valence-corrected chi connectivity index (χ2v) is 6.87. The molecule has 0 saturated heterocycles. The molecule has 4 amide bonds. The monoisotopic (exact) mass is 392 g/mol. The fraction of sp³-hybridized carbons (Fsp3) is 0.444. The predicted octanol–water partition coefficient (Wildman–Crippen LogP) is 0.131. The Kier molecular flexibility index (Phi) is 6.94. The molecule has 0 saturated carbocycles. The number of carboxylic acids is 1. The molecule has 1 aromatic carbocycles. The van der Waals surface area contributed by atoms with Gasteiger partial charge in [0.05, 0.1) is 18.0 Å². The number of aliphatic hydroxyl groups excluding tert-OH is 1. The van der Waals surface area contributed by atoms with Crippen molar-refractivity contribution in [1.82, 2.24) is 10.6 Å². The van der Waals surface area contributed by atoms with Crippen molar-refractivity contribution in [2.24, 2.45) is 5.92 Å². The lowest BCUT2D eigenvalue weighted by molar-refractivity contribution is -0.143. The first-order chi connectivity index (χ1) is 13.2. The van der Waals surface area contributed by atoms with E-state index < -0.39 is 36.6 Å². The number of nitrogens with zero attached hydrogens (tertiary/aromatic N) is 1. The summed E-state index contributed by atoms with van der Waals surface area (Å²) in [6, 6.07) is 3.60. The van der Waals surface area contributed by atoms with Gasteiger partial charge in [0.15, 0.2) is 0 Å². The smallest absolute Gasteiger partial charge is 0.328 e. The van der Waals surface area contributed by atoms with Crippen LogP contribution in [0.5, 0.6) is 0 Å². The average Bonchev–Trinajstić information content (AvgIpc) is 2.63. The van der Waals surface area contributed by atoms with Crippen molar-refractivity contribution < 1.29 is 29.4 Å². The number of anilines is 2. The number of carboxylic acid groups (broad SMARTS) is 1. The lowest BCUT2D eigenvalue weighted by atomic mass is 10.0. The van der Waals surface area contributed by atoms with E-state index in [1.165, 1.54) is 4.90 Å². The van der Waals surface area contributed by atoms with Crippen molar-refractivity contribution in [3.05, 3.63) is 24.3 Å². The summed E-state index contributed by atoms with van der Waals surface area (Å²) in [4.78, 5) is 49.4. The molecule has 2 unspecified atom stereocenters. The molecule has 0 fully saturated rings. The maximum atomic E-state index is 12.8. The molecule has 1 aromatic rings. The van der Waals surface area contributed by atoms with Gasteiger partial charge in [0, 0.05) is 0 Å². The second kappa shape index (κ2) is 9.18. The summed E-state index contributed by atoms with van der Waals surface area (Å²) in [6.45, 7) is 2.70. The maximum Gasteiger partial charge on any atom is 0.328 e. The lowest BCUT2D eigenvalue weighted by Crippen LogP contribution is -2.56. The summed E-state index contributed by atoms with van der Waals surface area (Å²) >= 11 is 0. The topological polar surface area (TPSA) is 148 Å². The second-order valence-electron chi connectivity index (χ2n) is 6.87. The van der Waals surface area contributed by atoms with Gasteiger partial charge in [0.25, 0.3) is 0 Å². The third-order valence-electron chi connectivity index (χ3n) is 4.13. The summed E-state index contributed by atoms with van der Waals surface area (Å²) in [5.41, 5.74) is 0.965. The van der Waals surface area contributed by atoms with Gasteiger partial charge in [0.1, 0.15) is 18.6 Å². The summed E-state index contributed by atoms with van der Waals surface area (Å²) in [5.74, 6) is -2.46. The molecule has 0 aliphatic carbocycles. The van der Waals surface area contributed by atoms with Crippen LogP contribution in [0.3, 0.4) is 0 Å². The number of aliphatic hydroxyl groups is 1. The van der Waals surface area contributed by atoms with E-state index in [1.54, 1.807) is 24.3 Å². The number of aliphatic carboxylic acids is 1. The zero-order chi connectivity index (χ0) is 20.8. The minimum Gasteiger partial charge on any atom is -0.480 e. The highest BCUT2D eigenvalue weighted by molar-refractivity contribution is 6.10. The Morgan fingerprint density at radius 2 is 1.86 bits per heavy atom. The molecule has 1 heterocycles. The lowest BCUT2D eigenvalue weighted by Gasteiger charge is -2.31. The highest BCUT2D eigenvalue weighted by Gasteiger charge is 2.31. The number of para-hydroxylation sites is 2. The minimum atomic E-state index is -1.47. The third-order valence-corrected chi connectivity index (χ3v) is 4.13. The zero-order valence-electron chi connectivity index (χ0n) is 15.6. The van der Waals surface area contributed by atoms with Gasteiger partial charge in [0.2, 0.25) is 11.8 Å². The standard InChI is InChI=1S/C18H24N4O6/c1-10(2)7-12(16(25)20-13(9-23)17(26)27)21-18(28)22-8-15(24)19-11-5-3-4-6-14(11)22/h3-6,10,12-13,23H,7-9H2,1-2H3,(H,19,24)(H,20,25)(H,21,28)(H,26,27). The van der Waals surface area contributed by atoms with Crippen molar-refractivity contribution in [2.45, 2.75) is 32.4 Å². The molecule has 0 spiro atoms. The number of carbonyl (C=O) groups excluding carboxylic acids is 3. The van der Waals surface area contributed by atoms with Crippen molar-refractivity contribution in [3.8, 4) is 0 Å². The molecule has 0 bridgehead atoms. The Morgan fingerprint density at radius 1 is 1.18 bits per heavy atom. The van der Waals surface area contributed by atoms with E-state index in [9.17, 15) is 19.2 Å². The van der Waals surface area contributed by atoms with Crippen LogP contribution in [0, 0.1) is 5.92 Å². The number of hydrogen-bond donors (Lipinski definition) is 5. The van der Waals surface area contributed by atoms with Gasteiger partial charge in [-0.25, -0.2) is 9.59 Å². The molecule has 152 valence electrons. The number of fused-ring (bicyclic) bond motifs is 1. The van der Waals surface area contributed by atoms with Crippen LogP contribution in [0.15, 0.2) is 24.3 Å². The van der Waals surface area contributed by atoms with Gasteiger partial charge < -0.3 is 26.2 Å². The molecule has 10 heteroatoms. The number of nitrogens with one attached hydrogen (secondary N) is 3. The number of benzene rings is 1. The zero-order valence-corrected chi connectivity index (χ0v) is 15.6. The van der Waals surface area contributed by atoms with E-state index in [4.69, 9.17) is 10.2 Å². The molecule has 2 atom stereocenters. The summed E-state index contributed by atoms with van der Waals surface area (Å²) < 4.78 is 0. The van der Waals surface area contributed by atoms with Crippen LogP contribution in [-0.4, -0.2) is 59.3 Å². The van der Waals surface area contributed by atoms with Crippen LogP contribution >= 0.6 is 0 Å². The third kappa shape index (κ3) is 5.19. The number of urea groups is 1. The van der Waals surface area contributed by atoms with Gasteiger partial charge in [-0.1, -0.05) is 26.0 Å². The van der Waals surface area contributed by atoms with Crippen molar-refractivity contribution >= 4 is 35.2 Å². The van der Waals surface area contributed by atoms with Gasteiger partial charge in [-0.3, -0.25) is 14.5 Å². The van der Waals surface area contributed by atoms with Crippen LogP contribution in [0.1, 0.15) is 20.3 Å². The van der Waals surface area contributed by atoms with Crippen molar-refractivity contribution in [1.29, 1.82) is 0 Å². The van der Waals surface area contributed by atoms with Gasteiger partial charge >= 0.3 is 12.0 Å². The predicted molar refractivity (Wildman–Crippen MR) is 101 cm³/mol. The van der Waals surface area contributed by atoms with Gasteiger partial charge in [-0.15, -0.1) is 0 Å². The summed E-state index contributed by atoms with van der Waals surface area (Å²) in [6.07, 6.45) is 0.247. The van der Waals surface area contributed by atoms with Crippen LogP contribution in [0.4, 0.5) is 16.2 Å². The van der Waals surface area contributed by atoms with E-state index in [1.807, 2.05) is 13.8 Å². The summed E-state index contributed by atoms with van der Waals surface area (Å²) in [5, 5.41) is 25.5. The average molecular weight is 392 g/mol. The Hall–Kier alpha value is -3.14. The van der Waals surface area contributed by atoms with E-state index in [2.05, 4.69) is 16.0 Å². The van der Waals surface area contributed by atoms with Crippen LogP contribution in [0.25, 0.3) is 0 Å². The number of amides is 4. The fourth-order valence-corrected chi connectivity index (χ4v) is 2.80. The van der Waals surface area contributed by atoms with E-state index >= 15 is 0 Å². The molecular formula is C18H24N4O6. The Bertz CT molecular complexity index is 766. The first-order valence-electron chi connectivity index (χ1n) is 8.83. The number of hydrogen-bond acceptors (Lipinski definition) is 5. The Balaban J connectivity index is 2.18. The minimum absolute atomic E-state index is 0.0189. The first-order valence-corrected chi connectivity index (χ1v) is 8.83. The van der Waals surface area contributed by atoms with Crippen molar-refractivity contribution in [3.63, 3.8) is 0 Å². The van der Waals surface area contributed by atoms with Crippen LogP contribution in [0.2, 0.25) is 0 Å². The highest BCUT2D eigenvalue weighted by Crippen LogP contribution is 2.28. The fourth-order valence-electron chi connectivity index (χ4n) is 2.80. The number of carbonyl (C=O) groups is 4. The quantitative estimate of drug-likeness (QED) is 0.445. The largest absolute Gasteiger partial charge is 0.480 e. The molecule has 0 aromatic heterocycles.